The van der Waals surface area contributed by atoms with Crippen molar-refractivity contribution in [2.75, 3.05) is 20.3 Å². The van der Waals surface area contributed by atoms with Crippen LogP contribution in [0.5, 0.6) is 11.5 Å². The van der Waals surface area contributed by atoms with Crippen LogP contribution >= 0.6 is 0 Å². The molecule has 1 radical (unpaired) electrons. The number of hydrogen-bond donors (Lipinski definition) is 1. The zero-order valence-electron chi connectivity index (χ0n) is 11.8. The van der Waals surface area contributed by atoms with Gasteiger partial charge in [0.15, 0.2) is 11.5 Å². The summed E-state index contributed by atoms with van der Waals surface area (Å²) in [6, 6.07) is 8.07. The van der Waals surface area contributed by atoms with Gasteiger partial charge in [-0.25, -0.2) is 4.79 Å². The van der Waals surface area contributed by atoms with E-state index >= 15 is 0 Å². The van der Waals surface area contributed by atoms with Gasteiger partial charge in [-0.1, -0.05) is 6.07 Å². The minimum absolute atomic E-state index is 0.333. The number of nitrogens with one attached hydrogen (secondary N) is 1. The van der Waals surface area contributed by atoms with E-state index in [0.29, 0.717) is 24.7 Å². The summed E-state index contributed by atoms with van der Waals surface area (Å²) in [6.45, 7) is 6.13. The van der Waals surface area contributed by atoms with E-state index in [1.165, 1.54) is 0 Å². The van der Waals surface area contributed by atoms with Crippen molar-refractivity contribution in [2.45, 2.75) is 26.4 Å². The lowest BCUT2D eigenvalue weighted by Crippen LogP contribution is -2.34. The number of benzene rings is 1. The van der Waals surface area contributed by atoms with Gasteiger partial charge in [0.05, 0.1) is 13.7 Å². The van der Waals surface area contributed by atoms with Crippen LogP contribution in [0.4, 0.5) is 4.79 Å². The van der Waals surface area contributed by atoms with Gasteiger partial charge < -0.3 is 19.5 Å². The van der Waals surface area contributed by atoms with Gasteiger partial charge in [-0.3, -0.25) is 0 Å². The highest BCUT2D eigenvalue weighted by atomic mass is 16.6. The smallest absolute Gasteiger partial charge is 0.407 e. The van der Waals surface area contributed by atoms with Crippen molar-refractivity contribution in [3.05, 3.63) is 24.3 Å². The predicted molar refractivity (Wildman–Crippen MR) is 71.6 cm³/mol. The Morgan fingerprint density at radius 3 is 2.74 bits per heavy atom. The van der Waals surface area contributed by atoms with Crippen LogP contribution < -0.4 is 14.8 Å². The third-order valence-electron chi connectivity index (χ3n) is 2.04. The minimum Gasteiger partial charge on any atom is -0.493 e. The normalized spacial score (nSPS) is 10.7. The fourth-order valence-electron chi connectivity index (χ4n) is 1.31. The fourth-order valence-corrected chi connectivity index (χ4v) is 1.31. The standard InChI is InChI=1S/C14H20NO4/c1-14(2,3)19-13(16)15-9-10-18-12-8-6-5-7-11(12)17-4/h6-8H,9-10H2,1-4H3,(H,15,16). The Bertz CT molecular complexity index is 412. The highest BCUT2D eigenvalue weighted by molar-refractivity contribution is 5.67. The Kier molecular flexibility index (Phi) is 5.48. The molecule has 0 bridgehead atoms. The molecule has 0 unspecified atom stereocenters. The summed E-state index contributed by atoms with van der Waals surface area (Å²) < 4.78 is 15.7. The number of ether oxygens (including phenoxy) is 3. The first-order valence-corrected chi connectivity index (χ1v) is 6.06. The largest absolute Gasteiger partial charge is 0.493 e. The number of carbonyl (C=O) groups is 1. The summed E-state index contributed by atoms with van der Waals surface area (Å²) in [5.41, 5.74) is -0.497. The molecule has 0 saturated heterocycles. The summed E-state index contributed by atoms with van der Waals surface area (Å²) in [4.78, 5) is 11.4. The maximum absolute atomic E-state index is 11.4. The number of hydrogen-bond acceptors (Lipinski definition) is 4. The summed E-state index contributed by atoms with van der Waals surface area (Å²) in [7, 11) is 1.56. The Hall–Kier alpha value is -1.91. The molecule has 1 rings (SSSR count). The summed E-state index contributed by atoms with van der Waals surface area (Å²) >= 11 is 0. The van der Waals surface area contributed by atoms with Gasteiger partial charge in [0.2, 0.25) is 0 Å². The summed E-state index contributed by atoms with van der Waals surface area (Å²) in [5, 5.41) is 2.61. The van der Waals surface area contributed by atoms with Gasteiger partial charge in [-0.2, -0.15) is 0 Å². The van der Waals surface area contributed by atoms with Gasteiger partial charge in [-0.05, 0) is 39.0 Å². The molecule has 1 aromatic carbocycles. The average Bonchev–Trinajstić information content (AvgIpc) is 2.33. The van der Waals surface area contributed by atoms with Gasteiger partial charge in [0.1, 0.15) is 12.2 Å². The van der Waals surface area contributed by atoms with Crippen molar-refractivity contribution < 1.29 is 19.0 Å². The Labute approximate surface area is 113 Å². The first-order valence-electron chi connectivity index (χ1n) is 6.06. The van der Waals surface area contributed by atoms with Crippen molar-refractivity contribution in [3.63, 3.8) is 0 Å². The molecule has 0 aliphatic rings. The van der Waals surface area contributed by atoms with Crippen molar-refractivity contribution in [1.82, 2.24) is 5.32 Å². The maximum atomic E-state index is 11.4. The van der Waals surface area contributed by atoms with Crippen LogP contribution in [-0.2, 0) is 4.74 Å². The quantitative estimate of drug-likeness (QED) is 0.831. The van der Waals surface area contributed by atoms with E-state index in [4.69, 9.17) is 14.2 Å². The van der Waals surface area contributed by atoms with E-state index in [2.05, 4.69) is 11.4 Å². The number of carbonyl (C=O) groups excluding carboxylic acids is 1. The second-order valence-electron chi connectivity index (χ2n) is 4.85. The number of methoxy groups -OCH3 is 1. The highest BCUT2D eigenvalue weighted by Gasteiger charge is 2.15. The second kappa shape index (κ2) is 6.87. The molecular weight excluding hydrogens is 246 g/mol. The van der Waals surface area contributed by atoms with Crippen LogP contribution in [-0.4, -0.2) is 32.0 Å². The number of rotatable bonds is 5. The molecule has 5 nitrogen and oxygen atoms in total. The predicted octanol–water partition coefficient (Wildman–Crippen LogP) is 2.40. The lowest BCUT2D eigenvalue weighted by molar-refractivity contribution is 0.0520. The lowest BCUT2D eigenvalue weighted by atomic mass is 10.2. The van der Waals surface area contributed by atoms with Gasteiger partial charge >= 0.3 is 6.09 Å². The van der Waals surface area contributed by atoms with Gasteiger partial charge in [0, 0.05) is 0 Å². The molecule has 0 spiro atoms. The lowest BCUT2D eigenvalue weighted by Gasteiger charge is -2.19. The van der Waals surface area contributed by atoms with E-state index < -0.39 is 11.7 Å². The van der Waals surface area contributed by atoms with Gasteiger partial charge in [0.25, 0.3) is 0 Å². The number of alkyl carbamates (subject to hydrolysis) is 1. The van der Waals surface area contributed by atoms with Crippen molar-refractivity contribution in [2.24, 2.45) is 0 Å². The number of amides is 1. The highest BCUT2D eigenvalue weighted by Crippen LogP contribution is 2.25. The van der Waals surface area contributed by atoms with E-state index in [-0.39, 0.29) is 0 Å². The van der Waals surface area contributed by atoms with Crippen molar-refractivity contribution >= 4 is 6.09 Å². The third kappa shape index (κ3) is 5.99. The molecule has 0 fully saturated rings. The van der Waals surface area contributed by atoms with Crippen LogP contribution in [0.2, 0.25) is 0 Å². The van der Waals surface area contributed by atoms with E-state index in [1.54, 1.807) is 25.3 Å². The molecule has 1 aromatic rings. The van der Waals surface area contributed by atoms with Gasteiger partial charge in [-0.15, -0.1) is 0 Å². The summed E-state index contributed by atoms with van der Waals surface area (Å²) in [6.07, 6.45) is -0.454. The molecular formula is C14H20NO4. The molecule has 0 atom stereocenters. The first kappa shape index (κ1) is 15.1. The first-order chi connectivity index (χ1) is 8.92. The SMILES string of the molecule is COc1c[c]ccc1OCCNC(=O)OC(C)(C)C. The molecule has 0 heterocycles. The Morgan fingerprint density at radius 1 is 1.37 bits per heavy atom. The summed E-state index contributed by atoms with van der Waals surface area (Å²) in [5.74, 6) is 1.23. The molecule has 0 aliphatic heterocycles. The third-order valence-corrected chi connectivity index (χ3v) is 2.04. The molecule has 1 N–H and O–H groups in total. The zero-order valence-corrected chi connectivity index (χ0v) is 11.8. The molecule has 0 saturated carbocycles. The van der Waals surface area contributed by atoms with Crippen LogP contribution in [0.3, 0.4) is 0 Å². The molecule has 105 valence electrons. The molecule has 1 amide bonds. The molecule has 0 aromatic heterocycles. The van der Waals surface area contributed by atoms with Crippen LogP contribution in [0.1, 0.15) is 20.8 Å². The topological polar surface area (TPSA) is 56.8 Å². The zero-order chi connectivity index (χ0) is 14.3. The molecule has 19 heavy (non-hydrogen) atoms. The molecule has 0 aliphatic carbocycles. The van der Waals surface area contributed by atoms with E-state index in [1.807, 2.05) is 20.8 Å². The molecule has 5 heteroatoms. The fraction of sp³-hybridized carbons (Fsp3) is 0.500. The average molecular weight is 266 g/mol. The monoisotopic (exact) mass is 266 g/mol. The van der Waals surface area contributed by atoms with E-state index in [9.17, 15) is 4.79 Å². The maximum Gasteiger partial charge on any atom is 0.407 e. The van der Waals surface area contributed by atoms with Crippen molar-refractivity contribution in [3.8, 4) is 11.5 Å². The minimum atomic E-state index is -0.497. The van der Waals surface area contributed by atoms with E-state index in [0.717, 1.165) is 0 Å². The van der Waals surface area contributed by atoms with Crippen LogP contribution in [0, 0.1) is 6.07 Å². The van der Waals surface area contributed by atoms with Crippen LogP contribution in [0.25, 0.3) is 0 Å². The second-order valence-corrected chi connectivity index (χ2v) is 4.85. The Morgan fingerprint density at radius 2 is 2.11 bits per heavy atom. The van der Waals surface area contributed by atoms with Crippen LogP contribution in [0.15, 0.2) is 18.2 Å². The Balaban J connectivity index is 2.29. The van der Waals surface area contributed by atoms with Crippen molar-refractivity contribution in [1.29, 1.82) is 0 Å².